The van der Waals surface area contributed by atoms with E-state index < -0.39 is 5.97 Å². The van der Waals surface area contributed by atoms with Gasteiger partial charge in [-0.05, 0) is 43.4 Å². The Labute approximate surface area is 148 Å². The maximum Gasteiger partial charge on any atom is 0.335 e. The molecule has 1 saturated carbocycles. The van der Waals surface area contributed by atoms with Crippen LogP contribution in [0, 0.1) is 5.41 Å². The van der Waals surface area contributed by atoms with E-state index in [1.807, 2.05) is 12.1 Å². The Morgan fingerprint density at radius 2 is 1.88 bits per heavy atom. The number of hydrogen-bond donors (Lipinski definition) is 1. The fraction of sp³-hybridized carbons (Fsp3) is 0.600. The van der Waals surface area contributed by atoms with Crippen LogP contribution in [0.15, 0.2) is 24.3 Å². The van der Waals surface area contributed by atoms with Gasteiger partial charge in [-0.1, -0.05) is 19.1 Å². The first kappa shape index (κ1) is 16.6. The van der Waals surface area contributed by atoms with Gasteiger partial charge in [0, 0.05) is 43.6 Å². The number of nitrogens with zero attached hydrogens (tertiary/aromatic N) is 2. The quantitative estimate of drug-likeness (QED) is 0.917. The van der Waals surface area contributed by atoms with E-state index in [4.69, 9.17) is 5.11 Å². The highest BCUT2D eigenvalue weighted by Crippen LogP contribution is 2.54. The van der Waals surface area contributed by atoms with Gasteiger partial charge in [-0.3, -0.25) is 9.69 Å². The smallest absolute Gasteiger partial charge is 0.335 e. The number of likely N-dealkylation sites (tertiary alicyclic amines) is 2. The minimum atomic E-state index is -0.886. The van der Waals surface area contributed by atoms with Crippen LogP contribution in [0.25, 0.3) is 0 Å². The maximum atomic E-state index is 12.2. The van der Waals surface area contributed by atoms with Gasteiger partial charge in [-0.25, -0.2) is 4.79 Å². The standard InChI is InChI=1S/C20H26N2O3/c1-13(23)21-12-16-10-20(2)17(21)4-3-5-18(20)22(16)11-14-6-8-15(9-7-14)19(24)25/h6-9,16-18H,3-5,10-12H2,1-2H3,(H,24,25)/t16-,17+,18-,20+/m0/s1. The van der Waals surface area contributed by atoms with Crippen LogP contribution in [0.4, 0.5) is 0 Å². The number of carboxylic acids is 1. The summed E-state index contributed by atoms with van der Waals surface area (Å²) in [4.78, 5) is 27.9. The Morgan fingerprint density at radius 1 is 1.20 bits per heavy atom. The summed E-state index contributed by atoms with van der Waals surface area (Å²) in [6.07, 6.45) is 4.66. The zero-order valence-electron chi connectivity index (χ0n) is 14.9. The number of carbonyl (C=O) groups is 2. The average Bonchev–Trinajstić information content (AvgIpc) is 2.85. The molecule has 3 aliphatic rings. The normalized spacial score (nSPS) is 34.2. The van der Waals surface area contributed by atoms with Crippen LogP contribution in [-0.2, 0) is 11.3 Å². The molecule has 1 aromatic rings. The van der Waals surface area contributed by atoms with Gasteiger partial charge in [-0.2, -0.15) is 0 Å². The van der Waals surface area contributed by atoms with E-state index in [2.05, 4.69) is 16.7 Å². The van der Waals surface area contributed by atoms with Gasteiger partial charge in [0.15, 0.2) is 0 Å². The first-order chi connectivity index (χ1) is 11.9. The average molecular weight is 342 g/mol. The molecule has 1 amide bonds. The Morgan fingerprint density at radius 3 is 2.52 bits per heavy atom. The van der Waals surface area contributed by atoms with Gasteiger partial charge in [0.2, 0.25) is 5.91 Å². The van der Waals surface area contributed by atoms with E-state index >= 15 is 0 Å². The highest BCUT2D eigenvalue weighted by molar-refractivity contribution is 5.87. The van der Waals surface area contributed by atoms with Crippen LogP contribution in [-0.4, -0.2) is 51.5 Å². The number of rotatable bonds is 3. The Balaban J connectivity index is 1.60. The number of carbonyl (C=O) groups excluding carboxylic acids is 1. The third-order valence-electron chi connectivity index (χ3n) is 6.78. The Bertz CT molecular complexity index is 701. The number of piperidine rings is 1. The fourth-order valence-electron chi connectivity index (χ4n) is 5.67. The molecule has 2 aliphatic heterocycles. The Kier molecular flexibility index (Phi) is 3.87. The molecule has 1 aliphatic carbocycles. The molecule has 1 aromatic carbocycles. The molecule has 2 heterocycles. The largest absolute Gasteiger partial charge is 0.478 e. The van der Waals surface area contributed by atoms with Crippen molar-refractivity contribution in [3.63, 3.8) is 0 Å². The van der Waals surface area contributed by atoms with Gasteiger partial charge in [-0.15, -0.1) is 0 Å². The number of fused-ring (bicyclic) bond motifs is 1. The maximum absolute atomic E-state index is 12.2. The lowest BCUT2D eigenvalue weighted by molar-refractivity contribution is -0.137. The minimum Gasteiger partial charge on any atom is -0.478 e. The lowest BCUT2D eigenvalue weighted by Crippen LogP contribution is -2.57. The van der Waals surface area contributed by atoms with Crippen molar-refractivity contribution in [2.75, 3.05) is 6.54 Å². The number of amides is 1. The summed E-state index contributed by atoms with van der Waals surface area (Å²) >= 11 is 0. The first-order valence-electron chi connectivity index (χ1n) is 9.25. The van der Waals surface area contributed by atoms with E-state index in [0.29, 0.717) is 23.7 Å². The molecule has 0 radical (unpaired) electrons. The van der Waals surface area contributed by atoms with Crippen LogP contribution in [0.1, 0.15) is 55.5 Å². The zero-order chi connectivity index (χ0) is 17.8. The van der Waals surface area contributed by atoms with Crippen molar-refractivity contribution in [3.05, 3.63) is 35.4 Å². The van der Waals surface area contributed by atoms with Crippen molar-refractivity contribution in [2.24, 2.45) is 5.41 Å². The SMILES string of the molecule is CC(=O)N1C[C@@H]2C[C@@]3(C)[C@H](CCC[C@@H]13)N2Cc1ccc(C(=O)O)cc1. The number of benzene rings is 1. The van der Waals surface area contributed by atoms with Crippen LogP contribution in [0.2, 0.25) is 0 Å². The zero-order valence-corrected chi connectivity index (χ0v) is 14.9. The van der Waals surface area contributed by atoms with E-state index in [1.54, 1.807) is 19.1 Å². The fourth-order valence-corrected chi connectivity index (χ4v) is 5.67. The number of hydrogen-bond acceptors (Lipinski definition) is 3. The molecular formula is C20H26N2O3. The molecule has 134 valence electrons. The van der Waals surface area contributed by atoms with Crippen LogP contribution < -0.4 is 0 Å². The van der Waals surface area contributed by atoms with Crippen molar-refractivity contribution in [2.45, 2.75) is 64.2 Å². The lowest BCUT2D eigenvalue weighted by Gasteiger charge is -2.50. The topological polar surface area (TPSA) is 60.9 Å². The second-order valence-corrected chi connectivity index (χ2v) is 8.17. The van der Waals surface area contributed by atoms with Gasteiger partial charge in [0.1, 0.15) is 0 Å². The molecule has 25 heavy (non-hydrogen) atoms. The van der Waals surface area contributed by atoms with Gasteiger partial charge < -0.3 is 10.0 Å². The monoisotopic (exact) mass is 342 g/mol. The summed E-state index contributed by atoms with van der Waals surface area (Å²) in [7, 11) is 0. The second-order valence-electron chi connectivity index (χ2n) is 8.17. The van der Waals surface area contributed by atoms with Crippen LogP contribution >= 0.6 is 0 Å². The summed E-state index contributed by atoms with van der Waals surface area (Å²) in [5.74, 6) is -0.683. The summed E-state index contributed by atoms with van der Waals surface area (Å²) in [6.45, 7) is 5.74. The van der Waals surface area contributed by atoms with Crippen molar-refractivity contribution in [1.29, 1.82) is 0 Å². The molecule has 4 atom stereocenters. The molecule has 5 heteroatoms. The highest BCUT2D eigenvalue weighted by atomic mass is 16.4. The Hall–Kier alpha value is -1.88. The van der Waals surface area contributed by atoms with E-state index in [-0.39, 0.29) is 11.3 Å². The summed E-state index contributed by atoms with van der Waals surface area (Å²) in [6, 6.07) is 8.53. The van der Waals surface area contributed by atoms with Gasteiger partial charge in [0.25, 0.3) is 0 Å². The molecule has 2 saturated heterocycles. The van der Waals surface area contributed by atoms with Crippen molar-refractivity contribution < 1.29 is 14.7 Å². The van der Waals surface area contributed by atoms with Crippen molar-refractivity contribution >= 4 is 11.9 Å². The predicted octanol–water partition coefficient (Wildman–Crippen LogP) is 2.75. The lowest BCUT2D eigenvalue weighted by atomic mass is 9.66. The van der Waals surface area contributed by atoms with Crippen molar-refractivity contribution in [1.82, 2.24) is 9.80 Å². The van der Waals surface area contributed by atoms with E-state index in [1.165, 1.54) is 19.3 Å². The predicted molar refractivity (Wildman–Crippen MR) is 94.3 cm³/mol. The first-order valence-corrected chi connectivity index (χ1v) is 9.25. The third kappa shape index (κ3) is 2.56. The second kappa shape index (κ2) is 5.84. The third-order valence-corrected chi connectivity index (χ3v) is 6.78. The molecule has 0 unspecified atom stereocenters. The van der Waals surface area contributed by atoms with Crippen LogP contribution in [0.3, 0.4) is 0 Å². The molecule has 0 aromatic heterocycles. The molecule has 4 rings (SSSR count). The molecule has 2 bridgehead atoms. The van der Waals surface area contributed by atoms with Gasteiger partial charge in [0.05, 0.1) is 5.56 Å². The minimum absolute atomic E-state index is 0.188. The summed E-state index contributed by atoms with van der Waals surface area (Å²) in [5, 5.41) is 9.07. The van der Waals surface area contributed by atoms with Crippen LogP contribution in [0.5, 0.6) is 0 Å². The van der Waals surface area contributed by atoms with Gasteiger partial charge >= 0.3 is 5.97 Å². The number of carboxylic acid groups (broad SMARTS) is 1. The summed E-state index contributed by atoms with van der Waals surface area (Å²) in [5.41, 5.74) is 1.67. The number of aromatic carboxylic acids is 1. The summed E-state index contributed by atoms with van der Waals surface area (Å²) < 4.78 is 0. The molecule has 1 N–H and O–H groups in total. The molecule has 5 nitrogen and oxygen atoms in total. The molecule has 3 fully saturated rings. The highest BCUT2D eigenvalue weighted by Gasteiger charge is 2.59. The molecular weight excluding hydrogens is 316 g/mol. The molecule has 0 spiro atoms. The van der Waals surface area contributed by atoms with E-state index in [9.17, 15) is 9.59 Å². The van der Waals surface area contributed by atoms with Crippen molar-refractivity contribution in [3.8, 4) is 0 Å². The van der Waals surface area contributed by atoms with E-state index in [0.717, 1.165) is 25.1 Å².